The lowest BCUT2D eigenvalue weighted by Crippen LogP contribution is -2.30. The van der Waals surface area contributed by atoms with E-state index in [9.17, 15) is 14.4 Å². The Bertz CT molecular complexity index is 1030. The van der Waals surface area contributed by atoms with Crippen LogP contribution in [0.4, 0.5) is 0 Å². The summed E-state index contributed by atoms with van der Waals surface area (Å²) >= 11 is 0. The number of hydrogen-bond donors (Lipinski definition) is 0. The van der Waals surface area contributed by atoms with E-state index in [4.69, 9.17) is 22.4 Å². The lowest BCUT2D eigenvalue weighted by molar-refractivity contribution is -0.167. The van der Waals surface area contributed by atoms with Crippen LogP contribution in [0.1, 0.15) is 299 Å². The quantitative estimate of drug-likeness (QED) is 0.0346. The molecule has 0 unspecified atom stereocenters. The van der Waals surface area contributed by atoms with Gasteiger partial charge < -0.3 is 14.2 Å². The van der Waals surface area contributed by atoms with Crippen molar-refractivity contribution in [2.24, 2.45) is 0 Å². The highest BCUT2D eigenvalue weighted by atomic mass is 16.6. The molecule has 0 N–H and O–H groups in total. The summed E-state index contributed by atoms with van der Waals surface area (Å²) in [6.07, 6.45) is 31.8. The Kier molecular flexibility index (Phi) is 37.1. The average molecular weight is 813 g/mol. The molecular formula is C51H98O6. The third kappa shape index (κ3) is 45.3. The molecule has 0 aliphatic rings. The average Bonchev–Trinajstić information content (AvgIpc) is 3.25. The van der Waals surface area contributed by atoms with Crippen molar-refractivity contribution < 1.29 is 36.8 Å². The minimum atomic E-state index is -2.34. The van der Waals surface area contributed by atoms with Crippen LogP contribution in [-0.2, 0) is 28.6 Å². The molecule has 0 bridgehead atoms. The molecule has 6 heteroatoms. The summed E-state index contributed by atoms with van der Waals surface area (Å²) < 4.78 is 66.3. The lowest BCUT2D eigenvalue weighted by atomic mass is 10.0. The normalized spacial score (nSPS) is 13.7. The molecule has 0 atom stereocenters. The van der Waals surface area contributed by atoms with Crippen molar-refractivity contribution in [3.63, 3.8) is 0 Å². The molecule has 0 heterocycles. The van der Waals surface area contributed by atoms with Gasteiger partial charge in [0.1, 0.15) is 13.2 Å². The van der Waals surface area contributed by atoms with Gasteiger partial charge in [0.15, 0.2) is 6.10 Å². The first-order valence-electron chi connectivity index (χ1n) is 27.8. The zero-order chi connectivity index (χ0) is 46.9. The van der Waals surface area contributed by atoms with Crippen molar-refractivity contribution in [1.29, 1.82) is 0 Å². The third-order valence-corrected chi connectivity index (χ3v) is 11.0. The fraction of sp³-hybridized carbons (Fsp3) is 0.941. The van der Waals surface area contributed by atoms with Crippen molar-refractivity contribution in [2.75, 3.05) is 13.2 Å². The Morgan fingerprint density at radius 1 is 0.316 bits per heavy atom. The zero-order valence-electron chi connectivity index (χ0n) is 44.0. The van der Waals surface area contributed by atoms with Gasteiger partial charge in [0.2, 0.25) is 0 Å². The van der Waals surface area contributed by atoms with Crippen LogP contribution in [0.2, 0.25) is 0 Å². The summed E-state index contributed by atoms with van der Waals surface area (Å²) in [6.45, 7) is 5.37. The van der Waals surface area contributed by atoms with Gasteiger partial charge in [0.05, 0.1) is 0 Å². The largest absolute Gasteiger partial charge is 0.462 e. The van der Waals surface area contributed by atoms with Gasteiger partial charge in [-0.15, -0.1) is 0 Å². The van der Waals surface area contributed by atoms with Crippen LogP contribution in [-0.4, -0.2) is 37.2 Å². The summed E-state index contributed by atoms with van der Waals surface area (Å²) in [7, 11) is 0. The highest BCUT2D eigenvalue weighted by molar-refractivity contribution is 5.71. The minimum Gasteiger partial charge on any atom is -0.462 e. The second kappa shape index (κ2) is 47.1. The molecule has 0 aliphatic carbocycles. The highest BCUT2D eigenvalue weighted by Gasteiger charge is 2.19. The molecule has 0 fully saturated rings. The van der Waals surface area contributed by atoms with Gasteiger partial charge in [-0.2, -0.15) is 0 Å². The Labute approximate surface area is 363 Å². The zero-order valence-corrected chi connectivity index (χ0v) is 38.0. The fourth-order valence-electron chi connectivity index (χ4n) is 7.22. The van der Waals surface area contributed by atoms with Gasteiger partial charge in [-0.1, -0.05) is 252 Å². The monoisotopic (exact) mass is 813 g/mol. The SMILES string of the molecule is [2H]C([2H])(CCCCCCCCCCCCCC)C(=O)OCC(COC(=O)C([2H])([2H])CCCCCCCCCCCCCC)OC(=O)C([2H])([2H])CCCCCCCCCCCCCC. The first-order valence-corrected chi connectivity index (χ1v) is 24.8. The van der Waals surface area contributed by atoms with Crippen molar-refractivity contribution in [3.8, 4) is 0 Å². The Hall–Kier alpha value is -1.59. The first kappa shape index (κ1) is 44.9. The van der Waals surface area contributed by atoms with Gasteiger partial charge in [-0.05, 0) is 19.3 Å². The molecule has 0 radical (unpaired) electrons. The lowest BCUT2D eigenvalue weighted by Gasteiger charge is -2.18. The van der Waals surface area contributed by atoms with Crippen LogP contribution >= 0.6 is 0 Å². The molecule has 57 heavy (non-hydrogen) atoms. The van der Waals surface area contributed by atoms with Gasteiger partial charge in [-0.3, -0.25) is 14.4 Å². The summed E-state index contributed by atoms with van der Waals surface area (Å²) in [5.74, 6) is -3.43. The molecule has 0 spiro atoms. The summed E-state index contributed by atoms with van der Waals surface area (Å²) in [5, 5.41) is 0. The molecule has 0 saturated carbocycles. The summed E-state index contributed by atoms with van der Waals surface area (Å²) in [4.78, 5) is 39.0. The molecule has 338 valence electrons. The second-order valence-corrected chi connectivity index (χ2v) is 16.7. The van der Waals surface area contributed by atoms with Gasteiger partial charge in [0.25, 0.3) is 0 Å². The first-order chi connectivity index (χ1) is 30.2. The van der Waals surface area contributed by atoms with Gasteiger partial charge >= 0.3 is 17.9 Å². The molecule has 0 aromatic rings. The maximum atomic E-state index is 13.1. The third-order valence-electron chi connectivity index (χ3n) is 11.0. The van der Waals surface area contributed by atoms with E-state index in [2.05, 4.69) is 20.8 Å². The van der Waals surface area contributed by atoms with Crippen molar-refractivity contribution in [1.82, 2.24) is 0 Å². The molecule has 0 aromatic heterocycles. The number of carbonyl (C=O) groups is 3. The molecule has 0 aliphatic heterocycles. The van der Waals surface area contributed by atoms with E-state index in [1.165, 1.54) is 135 Å². The highest BCUT2D eigenvalue weighted by Crippen LogP contribution is 2.16. The van der Waals surface area contributed by atoms with Crippen LogP contribution < -0.4 is 0 Å². The predicted molar refractivity (Wildman–Crippen MR) is 243 cm³/mol. The van der Waals surface area contributed by atoms with Gasteiger partial charge in [-0.25, -0.2) is 0 Å². The molecule has 0 saturated heterocycles. The van der Waals surface area contributed by atoms with E-state index in [-0.39, 0.29) is 19.3 Å². The number of esters is 3. The fourth-order valence-corrected chi connectivity index (χ4v) is 7.22. The summed E-state index contributed by atoms with van der Waals surface area (Å²) in [5.41, 5.74) is 0. The Morgan fingerprint density at radius 3 is 0.737 bits per heavy atom. The van der Waals surface area contributed by atoms with Crippen LogP contribution in [0.5, 0.6) is 0 Å². The van der Waals surface area contributed by atoms with Crippen molar-refractivity contribution in [2.45, 2.75) is 296 Å². The van der Waals surface area contributed by atoms with E-state index < -0.39 is 56.3 Å². The Morgan fingerprint density at radius 2 is 0.509 bits per heavy atom. The van der Waals surface area contributed by atoms with Crippen molar-refractivity contribution in [3.05, 3.63) is 0 Å². The number of unbranched alkanes of at least 4 members (excludes halogenated alkanes) is 33. The van der Waals surface area contributed by atoms with Crippen LogP contribution in [0.15, 0.2) is 0 Å². The van der Waals surface area contributed by atoms with E-state index in [0.717, 1.165) is 77.0 Å². The molecule has 6 nitrogen and oxygen atoms in total. The van der Waals surface area contributed by atoms with Crippen LogP contribution in [0.25, 0.3) is 0 Å². The van der Waals surface area contributed by atoms with E-state index in [1.54, 1.807) is 0 Å². The number of rotatable bonds is 47. The van der Waals surface area contributed by atoms with Gasteiger partial charge in [0, 0.05) is 27.3 Å². The summed E-state index contributed by atoms with van der Waals surface area (Å²) in [6, 6.07) is 0. The molecule has 0 amide bonds. The number of hydrogen-bond acceptors (Lipinski definition) is 6. The van der Waals surface area contributed by atoms with Crippen molar-refractivity contribution >= 4 is 17.9 Å². The number of ether oxygens (including phenoxy) is 3. The molecule has 0 aromatic carbocycles. The minimum absolute atomic E-state index is 0.0242. The van der Waals surface area contributed by atoms with Crippen LogP contribution in [0, 0.1) is 0 Å². The van der Waals surface area contributed by atoms with E-state index in [1.807, 2.05) is 0 Å². The molecule has 0 rings (SSSR count). The van der Waals surface area contributed by atoms with E-state index >= 15 is 0 Å². The number of carbonyl (C=O) groups excluding carboxylic acids is 3. The maximum absolute atomic E-state index is 13.1. The molecular weight excluding hydrogens is 709 g/mol. The topological polar surface area (TPSA) is 78.9 Å². The van der Waals surface area contributed by atoms with E-state index in [0.29, 0.717) is 19.3 Å². The Balaban J connectivity index is 5.00. The predicted octanol–water partition coefficient (Wildman–Crippen LogP) is 16.4. The maximum Gasteiger partial charge on any atom is 0.306 e. The second-order valence-electron chi connectivity index (χ2n) is 16.7. The standard InChI is InChI=1S/C51H98O6/c1-4-7-10-13-16-19-22-25-28-31-34-37-40-43-49(52)55-46-48(57-51(54)45-42-39-36-33-30-27-24-21-18-15-12-9-6-3)47-56-50(53)44-41-38-35-32-29-26-23-20-17-14-11-8-5-2/h48H,4-47H2,1-3H3/i43D2,44D2,45D2. The smallest absolute Gasteiger partial charge is 0.306 e. The van der Waals surface area contributed by atoms with Crippen LogP contribution in [0.3, 0.4) is 0 Å².